The molecule has 18 heavy (non-hydrogen) atoms. The van der Waals surface area contributed by atoms with Crippen molar-refractivity contribution in [1.29, 1.82) is 0 Å². The second-order valence-electron chi connectivity index (χ2n) is 3.70. The zero-order valence-electron chi connectivity index (χ0n) is 9.39. The van der Waals surface area contributed by atoms with Gasteiger partial charge in [-0.05, 0) is 12.1 Å². The normalized spacial score (nSPS) is 11.8. The highest BCUT2D eigenvalue weighted by atomic mass is 16.6. The molecule has 0 spiro atoms. The highest BCUT2D eigenvalue weighted by Crippen LogP contribution is 2.17. The van der Waals surface area contributed by atoms with Crippen LogP contribution in [0.25, 0.3) is 0 Å². The molecule has 0 bridgehead atoms. The van der Waals surface area contributed by atoms with Crippen LogP contribution >= 0.6 is 0 Å². The number of hydrogen-bond donors (Lipinski definition) is 0. The molecule has 8 heteroatoms. The van der Waals surface area contributed by atoms with Crippen molar-refractivity contribution in [3.8, 4) is 0 Å². The fourth-order valence-electron chi connectivity index (χ4n) is 1.54. The molecule has 1 atom stereocenters. The van der Waals surface area contributed by atoms with E-state index < -0.39 is 34.6 Å². The molecule has 1 unspecified atom stereocenters. The lowest BCUT2D eigenvalue weighted by molar-refractivity contribution is -0.484. The fourth-order valence-corrected chi connectivity index (χ4v) is 1.54. The van der Waals surface area contributed by atoms with E-state index in [9.17, 15) is 25.0 Å². The van der Waals surface area contributed by atoms with Crippen molar-refractivity contribution in [2.24, 2.45) is 0 Å². The Labute approximate surface area is 102 Å². The van der Waals surface area contributed by atoms with Crippen LogP contribution in [-0.4, -0.2) is 33.7 Å². The molecule has 1 heterocycles. The summed E-state index contributed by atoms with van der Waals surface area (Å²) in [5, 5.41) is 20.7. The van der Waals surface area contributed by atoms with E-state index in [1.54, 1.807) is 18.2 Å². The predicted molar refractivity (Wildman–Crippen MR) is 60.3 cm³/mol. The summed E-state index contributed by atoms with van der Waals surface area (Å²) in [5.74, 6) is -1.37. The van der Waals surface area contributed by atoms with Crippen molar-refractivity contribution in [3.63, 3.8) is 0 Å². The first-order valence-corrected chi connectivity index (χ1v) is 5.15. The lowest BCUT2D eigenvalue weighted by Gasteiger charge is -2.09. The molecule has 0 amide bonds. The number of nitrogens with zero attached hydrogens (tertiary/aromatic N) is 3. The summed E-state index contributed by atoms with van der Waals surface area (Å²) in [6.45, 7) is -1.29. The Bertz CT molecular complexity index is 448. The number of nitro groups is 2. The van der Waals surface area contributed by atoms with Crippen LogP contribution in [0.15, 0.2) is 24.4 Å². The highest BCUT2D eigenvalue weighted by molar-refractivity contribution is 5.80. The minimum atomic E-state index is -0.818. The van der Waals surface area contributed by atoms with E-state index in [4.69, 9.17) is 0 Å². The van der Waals surface area contributed by atoms with Crippen molar-refractivity contribution in [1.82, 2.24) is 4.98 Å². The van der Waals surface area contributed by atoms with Crippen molar-refractivity contribution in [2.45, 2.75) is 12.3 Å². The highest BCUT2D eigenvalue weighted by Gasteiger charge is 2.24. The van der Waals surface area contributed by atoms with Crippen LogP contribution in [0, 0.1) is 20.2 Å². The minimum Gasteiger partial charge on any atom is -0.292 e. The van der Waals surface area contributed by atoms with Crippen LogP contribution in [0.1, 0.15) is 18.0 Å². The number of hydrogen-bond acceptors (Lipinski definition) is 6. The van der Waals surface area contributed by atoms with Gasteiger partial charge in [-0.2, -0.15) is 0 Å². The van der Waals surface area contributed by atoms with E-state index in [0.29, 0.717) is 5.69 Å². The summed E-state index contributed by atoms with van der Waals surface area (Å²) in [5.41, 5.74) is 0.394. The second-order valence-corrected chi connectivity index (χ2v) is 3.70. The van der Waals surface area contributed by atoms with Gasteiger partial charge in [0.1, 0.15) is 0 Å². The number of rotatable bonds is 7. The van der Waals surface area contributed by atoms with E-state index in [2.05, 4.69) is 4.98 Å². The number of carbonyl (C=O) groups is 1. The van der Waals surface area contributed by atoms with E-state index >= 15 is 0 Å². The smallest absolute Gasteiger partial charge is 0.261 e. The molecule has 1 aromatic rings. The van der Waals surface area contributed by atoms with Crippen LogP contribution in [0.5, 0.6) is 0 Å². The SMILES string of the molecule is O=C(CC(C[N+](=O)[O-])c1ccccn1)C[N+](=O)[O-]. The van der Waals surface area contributed by atoms with Crippen LogP contribution in [0.3, 0.4) is 0 Å². The first-order chi connectivity index (χ1) is 8.49. The lowest BCUT2D eigenvalue weighted by atomic mass is 9.98. The quantitative estimate of drug-likeness (QED) is 0.521. The zero-order chi connectivity index (χ0) is 13.5. The van der Waals surface area contributed by atoms with Gasteiger partial charge < -0.3 is 0 Å². The molecule has 0 fully saturated rings. The molecular weight excluding hydrogens is 242 g/mol. The number of pyridine rings is 1. The largest absolute Gasteiger partial charge is 0.292 e. The van der Waals surface area contributed by atoms with Crippen LogP contribution in [0.2, 0.25) is 0 Å². The van der Waals surface area contributed by atoms with Gasteiger partial charge in [-0.1, -0.05) is 6.07 Å². The van der Waals surface area contributed by atoms with Gasteiger partial charge >= 0.3 is 0 Å². The Kier molecular flexibility index (Phi) is 4.85. The molecular formula is C10H11N3O5. The lowest BCUT2D eigenvalue weighted by Crippen LogP contribution is -2.21. The van der Waals surface area contributed by atoms with E-state index in [1.165, 1.54) is 6.20 Å². The maximum atomic E-state index is 11.3. The molecule has 0 aliphatic rings. The van der Waals surface area contributed by atoms with E-state index in [1.807, 2.05) is 0 Å². The fraction of sp³-hybridized carbons (Fsp3) is 0.400. The topological polar surface area (TPSA) is 116 Å². The van der Waals surface area contributed by atoms with Gasteiger partial charge in [-0.25, -0.2) is 0 Å². The third-order valence-electron chi connectivity index (χ3n) is 2.26. The van der Waals surface area contributed by atoms with Gasteiger partial charge in [0, 0.05) is 22.5 Å². The number of carbonyl (C=O) groups excluding carboxylic acids is 1. The average molecular weight is 253 g/mol. The van der Waals surface area contributed by atoms with Gasteiger partial charge in [0.15, 0.2) is 0 Å². The number of Topliss-reactive ketones (excluding diaryl/α,β-unsaturated/α-hetero) is 1. The molecule has 0 N–H and O–H groups in total. The molecule has 8 nitrogen and oxygen atoms in total. The van der Waals surface area contributed by atoms with Gasteiger partial charge in [0.2, 0.25) is 12.3 Å². The summed E-state index contributed by atoms with van der Waals surface area (Å²) in [4.78, 5) is 34.7. The van der Waals surface area contributed by atoms with Crippen molar-refractivity contribution >= 4 is 5.78 Å². The molecule has 1 rings (SSSR count). The van der Waals surface area contributed by atoms with E-state index in [-0.39, 0.29) is 6.42 Å². The van der Waals surface area contributed by atoms with Gasteiger partial charge in [-0.3, -0.25) is 30.0 Å². The van der Waals surface area contributed by atoms with Gasteiger partial charge in [0.25, 0.3) is 6.54 Å². The Hall–Kier alpha value is -2.38. The maximum absolute atomic E-state index is 11.3. The summed E-state index contributed by atoms with van der Waals surface area (Å²) in [6.07, 6.45) is 1.21. The standard InChI is InChI=1S/C10H11N3O5/c14-9(7-13(17)18)5-8(6-12(15)16)10-3-1-2-4-11-10/h1-4,8H,5-7H2. The molecule has 0 saturated carbocycles. The summed E-state index contributed by atoms with van der Waals surface area (Å²) >= 11 is 0. The molecule has 0 radical (unpaired) electrons. The summed E-state index contributed by atoms with van der Waals surface area (Å²) < 4.78 is 0. The Morgan fingerprint density at radius 2 is 2.00 bits per heavy atom. The zero-order valence-corrected chi connectivity index (χ0v) is 9.39. The van der Waals surface area contributed by atoms with Gasteiger partial charge in [0.05, 0.1) is 11.6 Å². The Morgan fingerprint density at radius 1 is 1.28 bits per heavy atom. The Balaban J connectivity index is 2.76. The first-order valence-electron chi connectivity index (χ1n) is 5.15. The molecule has 0 aliphatic carbocycles. The minimum absolute atomic E-state index is 0.251. The number of aromatic nitrogens is 1. The number of ketones is 1. The van der Waals surface area contributed by atoms with E-state index in [0.717, 1.165) is 0 Å². The average Bonchev–Trinajstić information content (AvgIpc) is 2.27. The Morgan fingerprint density at radius 3 is 2.50 bits per heavy atom. The summed E-state index contributed by atoms with van der Waals surface area (Å²) in [6, 6.07) is 4.85. The van der Waals surface area contributed by atoms with Crippen molar-refractivity contribution < 1.29 is 14.6 Å². The molecule has 96 valence electrons. The first kappa shape index (κ1) is 13.7. The molecule has 0 aliphatic heterocycles. The molecule has 0 saturated heterocycles. The van der Waals surface area contributed by atoms with Crippen molar-refractivity contribution in [3.05, 3.63) is 50.3 Å². The van der Waals surface area contributed by atoms with Crippen LogP contribution < -0.4 is 0 Å². The molecule has 1 aromatic heterocycles. The van der Waals surface area contributed by atoms with Crippen molar-refractivity contribution in [2.75, 3.05) is 13.1 Å². The third-order valence-corrected chi connectivity index (χ3v) is 2.26. The summed E-state index contributed by atoms with van der Waals surface area (Å²) in [7, 11) is 0. The van der Waals surface area contributed by atoms with Crippen LogP contribution in [-0.2, 0) is 4.79 Å². The van der Waals surface area contributed by atoms with Gasteiger partial charge in [-0.15, -0.1) is 0 Å². The van der Waals surface area contributed by atoms with Crippen LogP contribution in [0.4, 0.5) is 0 Å². The molecule has 0 aromatic carbocycles. The predicted octanol–water partition coefficient (Wildman–Crippen LogP) is 0.678. The monoisotopic (exact) mass is 253 g/mol. The maximum Gasteiger partial charge on any atom is 0.261 e. The second kappa shape index (κ2) is 6.38. The third kappa shape index (κ3) is 4.64.